The third-order valence-electron chi connectivity index (χ3n) is 4.63. The van der Waals surface area contributed by atoms with E-state index < -0.39 is 11.7 Å². The average molecular weight is 409 g/mol. The van der Waals surface area contributed by atoms with Crippen LogP contribution in [0.2, 0.25) is 0 Å². The number of aryl methyl sites for hydroxylation is 1. The molecule has 1 amide bonds. The predicted molar refractivity (Wildman–Crippen MR) is 102 cm³/mol. The SMILES string of the molecule is COCCNC(=O)c1oc2c(c1C)/C(=N/Nc1cccc(C(F)(F)F)c1)CCC2. The van der Waals surface area contributed by atoms with E-state index in [4.69, 9.17) is 9.15 Å². The summed E-state index contributed by atoms with van der Waals surface area (Å²) in [7, 11) is 1.54. The lowest BCUT2D eigenvalue weighted by molar-refractivity contribution is -0.137. The van der Waals surface area contributed by atoms with E-state index in [0.29, 0.717) is 43.0 Å². The lowest BCUT2D eigenvalue weighted by Gasteiger charge is -2.14. The van der Waals surface area contributed by atoms with E-state index >= 15 is 0 Å². The molecular formula is C20H22F3N3O3. The number of hydrogen-bond acceptors (Lipinski definition) is 5. The number of methoxy groups -OCH3 is 1. The van der Waals surface area contributed by atoms with Crippen LogP contribution in [0.15, 0.2) is 33.8 Å². The van der Waals surface area contributed by atoms with Gasteiger partial charge in [0.2, 0.25) is 0 Å². The molecule has 1 aromatic heterocycles. The number of furan rings is 1. The monoisotopic (exact) mass is 409 g/mol. The Bertz CT molecular complexity index is 919. The lowest BCUT2D eigenvalue weighted by atomic mass is 9.93. The van der Waals surface area contributed by atoms with Crippen LogP contribution in [-0.4, -0.2) is 31.9 Å². The van der Waals surface area contributed by atoms with Gasteiger partial charge in [-0.1, -0.05) is 6.07 Å². The van der Waals surface area contributed by atoms with Crippen molar-refractivity contribution in [1.82, 2.24) is 5.32 Å². The van der Waals surface area contributed by atoms with Crippen LogP contribution in [0.1, 0.15) is 45.8 Å². The van der Waals surface area contributed by atoms with Crippen LogP contribution >= 0.6 is 0 Å². The van der Waals surface area contributed by atoms with Gasteiger partial charge in [-0.2, -0.15) is 18.3 Å². The van der Waals surface area contributed by atoms with Crippen LogP contribution in [-0.2, 0) is 17.3 Å². The molecule has 156 valence electrons. The van der Waals surface area contributed by atoms with Crippen molar-refractivity contribution in [3.63, 3.8) is 0 Å². The number of alkyl halides is 3. The molecule has 0 unspecified atom stereocenters. The maximum atomic E-state index is 12.9. The summed E-state index contributed by atoms with van der Waals surface area (Å²) >= 11 is 0. The Labute approximate surface area is 166 Å². The summed E-state index contributed by atoms with van der Waals surface area (Å²) in [6.45, 7) is 2.52. The van der Waals surface area contributed by atoms with Gasteiger partial charge in [-0.15, -0.1) is 0 Å². The minimum atomic E-state index is -4.42. The fourth-order valence-corrected chi connectivity index (χ4v) is 3.24. The number of amides is 1. The van der Waals surface area contributed by atoms with Crippen molar-refractivity contribution < 1.29 is 27.1 Å². The molecule has 0 radical (unpaired) electrons. The van der Waals surface area contributed by atoms with Crippen LogP contribution in [0.25, 0.3) is 0 Å². The Hall–Kier alpha value is -2.81. The summed E-state index contributed by atoms with van der Waals surface area (Å²) in [5.74, 6) is 0.550. The van der Waals surface area contributed by atoms with Gasteiger partial charge in [-0.3, -0.25) is 10.2 Å². The van der Waals surface area contributed by atoms with Crippen LogP contribution in [0.3, 0.4) is 0 Å². The molecule has 0 spiro atoms. The highest BCUT2D eigenvalue weighted by Gasteiger charge is 2.31. The fourth-order valence-electron chi connectivity index (χ4n) is 3.24. The van der Waals surface area contributed by atoms with Gasteiger partial charge >= 0.3 is 6.18 Å². The van der Waals surface area contributed by atoms with Gasteiger partial charge in [0.15, 0.2) is 5.76 Å². The van der Waals surface area contributed by atoms with Crippen molar-refractivity contribution in [1.29, 1.82) is 0 Å². The largest absolute Gasteiger partial charge is 0.455 e. The Balaban J connectivity index is 1.83. The number of fused-ring (bicyclic) bond motifs is 1. The van der Waals surface area contributed by atoms with Crippen molar-refractivity contribution in [3.8, 4) is 0 Å². The summed E-state index contributed by atoms with van der Waals surface area (Å²) < 4.78 is 49.3. The lowest BCUT2D eigenvalue weighted by Crippen LogP contribution is -2.27. The van der Waals surface area contributed by atoms with Gasteiger partial charge in [-0.05, 0) is 38.0 Å². The number of rotatable bonds is 6. The second kappa shape index (κ2) is 8.69. The van der Waals surface area contributed by atoms with Crippen molar-refractivity contribution in [2.24, 2.45) is 5.10 Å². The molecule has 2 N–H and O–H groups in total. The van der Waals surface area contributed by atoms with E-state index in [1.54, 1.807) is 14.0 Å². The van der Waals surface area contributed by atoms with Crippen molar-refractivity contribution in [2.75, 3.05) is 25.7 Å². The number of ether oxygens (including phenoxy) is 1. The Kier molecular flexibility index (Phi) is 6.26. The fraction of sp³-hybridized carbons (Fsp3) is 0.400. The number of halogens is 3. The minimum Gasteiger partial charge on any atom is -0.455 e. The molecule has 0 aliphatic heterocycles. The molecule has 1 aliphatic rings. The summed E-state index contributed by atoms with van der Waals surface area (Å²) in [4.78, 5) is 12.4. The smallest absolute Gasteiger partial charge is 0.416 e. The first-order valence-electron chi connectivity index (χ1n) is 9.21. The second-order valence-corrected chi connectivity index (χ2v) is 6.71. The number of nitrogens with zero attached hydrogens (tertiary/aromatic N) is 1. The zero-order valence-corrected chi connectivity index (χ0v) is 16.2. The Morgan fingerprint density at radius 2 is 2.10 bits per heavy atom. The maximum absolute atomic E-state index is 12.9. The van der Waals surface area contributed by atoms with E-state index in [2.05, 4.69) is 15.8 Å². The third kappa shape index (κ3) is 4.79. The summed E-state index contributed by atoms with van der Waals surface area (Å²) in [5, 5.41) is 7.04. The molecule has 0 saturated heterocycles. The number of anilines is 1. The standard InChI is InChI=1S/C20H22F3N3O3/c1-12-17-15(26-25-14-6-3-5-13(11-14)20(21,22)23)7-4-8-16(17)29-18(12)19(27)24-9-10-28-2/h3,5-6,11,25H,4,7-10H2,1-2H3,(H,24,27)/b26-15+. The molecule has 3 rings (SSSR count). The van der Waals surface area contributed by atoms with Gasteiger partial charge in [0.1, 0.15) is 5.76 Å². The molecule has 6 nitrogen and oxygen atoms in total. The molecule has 1 heterocycles. The van der Waals surface area contributed by atoms with Crippen LogP contribution in [0.4, 0.5) is 18.9 Å². The number of benzene rings is 1. The summed E-state index contributed by atoms with van der Waals surface area (Å²) in [6.07, 6.45) is -2.35. The molecule has 9 heteroatoms. The zero-order chi connectivity index (χ0) is 21.0. The van der Waals surface area contributed by atoms with Gasteiger partial charge in [-0.25, -0.2) is 0 Å². The van der Waals surface area contributed by atoms with Crippen LogP contribution in [0, 0.1) is 6.92 Å². The average Bonchev–Trinajstić information content (AvgIpc) is 3.03. The molecule has 29 heavy (non-hydrogen) atoms. The molecule has 1 aromatic carbocycles. The van der Waals surface area contributed by atoms with Crippen molar-refractivity contribution in [2.45, 2.75) is 32.4 Å². The quantitative estimate of drug-likeness (QED) is 0.556. The number of hydrazone groups is 1. The molecular weight excluding hydrogens is 387 g/mol. The number of carbonyl (C=O) groups is 1. The second-order valence-electron chi connectivity index (χ2n) is 6.71. The predicted octanol–water partition coefficient (Wildman–Crippen LogP) is 4.14. The van der Waals surface area contributed by atoms with E-state index in [9.17, 15) is 18.0 Å². The first-order chi connectivity index (χ1) is 13.8. The summed E-state index contributed by atoms with van der Waals surface area (Å²) in [6, 6.07) is 4.85. The normalized spacial score (nSPS) is 15.3. The molecule has 0 fully saturated rings. The highest BCUT2D eigenvalue weighted by molar-refractivity contribution is 6.06. The van der Waals surface area contributed by atoms with Crippen LogP contribution < -0.4 is 10.7 Å². The van der Waals surface area contributed by atoms with E-state index in [1.807, 2.05) is 0 Å². The van der Waals surface area contributed by atoms with E-state index in [0.717, 1.165) is 24.1 Å². The molecule has 0 atom stereocenters. The summed E-state index contributed by atoms with van der Waals surface area (Å²) in [5.41, 5.74) is 4.25. The van der Waals surface area contributed by atoms with Gasteiger partial charge in [0.25, 0.3) is 5.91 Å². The van der Waals surface area contributed by atoms with Gasteiger partial charge < -0.3 is 14.5 Å². The highest BCUT2D eigenvalue weighted by atomic mass is 19.4. The number of hydrogen-bond donors (Lipinski definition) is 2. The minimum absolute atomic E-state index is 0.222. The Morgan fingerprint density at radius 1 is 1.31 bits per heavy atom. The number of nitrogens with one attached hydrogen (secondary N) is 2. The first kappa shape index (κ1) is 20.9. The molecule has 1 aliphatic carbocycles. The molecule has 0 saturated carbocycles. The van der Waals surface area contributed by atoms with Crippen molar-refractivity contribution in [3.05, 3.63) is 52.5 Å². The van der Waals surface area contributed by atoms with Crippen molar-refractivity contribution >= 4 is 17.3 Å². The Morgan fingerprint density at radius 3 is 2.83 bits per heavy atom. The zero-order valence-electron chi connectivity index (χ0n) is 16.2. The van der Waals surface area contributed by atoms with Gasteiger partial charge in [0, 0.05) is 31.2 Å². The first-order valence-corrected chi connectivity index (χ1v) is 9.21. The number of carbonyl (C=O) groups excluding carboxylic acids is 1. The molecule has 0 bridgehead atoms. The topological polar surface area (TPSA) is 75.9 Å². The van der Waals surface area contributed by atoms with E-state index in [-0.39, 0.29) is 17.4 Å². The maximum Gasteiger partial charge on any atom is 0.416 e. The van der Waals surface area contributed by atoms with Crippen LogP contribution in [0.5, 0.6) is 0 Å². The third-order valence-corrected chi connectivity index (χ3v) is 4.63. The van der Waals surface area contributed by atoms with Gasteiger partial charge in [0.05, 0.1) is 23.6 Å². The van der Waals surface area contributed by atoms with E-state index in [1.165, 1.54) is 12.1 Å². The highest BCUT2D eigenvalue weighted by Crippen LogP contribution is 2.32. The molecule has 2 aromatic rings.